The van der Waals surface area contributed by atoms with Crippen LogP contribution in [0.25, 0.3) is 0 Å². The van der Waals surface area contributed by atoms with Crippen LogP contribution in [0.5, 0.6) is 0 Å². The molecule has 0 aliphatic carbocycles. The Hall–Kier alpha value is -1.05. The zero-order valence-electron chi connectivity index (χ0n) is 10.1. The molecule has 0 aliphatic heterocycles. The number of carbonyl (C=O) groups excluding carboxylic acids is 1. The molecule has 96 valence electrons. The third kappa shape index (κ3) is 4.03. The number of nitrogens with one attached hydrogen (secondary N) is 1. The van der Waals surface area contributed by atoms with E-state index in [9.17, 15) is 4.79 Å². The Morgan fingerprint density at radius 3 is 2.71 bits per heavy atom. The second kappa shape index (κ2) is 6.04. The molecule has 1 rings (SSSR count). The van der Waals surface area contributed by atoms with Crippen molar-refractivity contribution < 1.29 is 9.90 Å². The molecule has 1 aromatic heterocycles. The first kappa shape index (κ1) is 14.0. The first-order valence-electron chi connectivity index (χ1n) is 5.43. The molecule has 0 radical (unpaired) electrons. The molecule has 0 unspecified atom stereocenters. The van der Waals surface area contributed by atoms with E-state index >= 15 is 0 Å². The average Bonchev–Trinajstić information content (AvgIpc) is 2.74. The molecular weight excluding hydrogens is 240 g/mol. The SMILES string of the molecule is CC(C)(CCNCCO)c1nnc(C(N)=O)s1. The van der Waals surface area contributed by atoms with Gasteiger partial charge in [0, 0.05) is 12.0 Å². The second-order valence-electron chi connectivity index (χ2n) is 4.38. The number of hydrogen-bond donors (Lipinski definition) is 3. The minimum atomic E-state index is -0.539. The summed E-state index contributed by atoms with van der Waals surface area (Å²) in [5.74, 6) is -0.539. The van der Waals surface area contributed by atoms with E-state index in [2.05, 4.69) is 15.5 Å². The fourth-order valence-corrected chi connectivity index (χ4v) is 2.13. The van der Waals surface area contributed by atoms with Crippen LogP contribution in [0.2, 0.25) is 0 Å². The van der Waals surface area contributed by atoms with Crippen molar-refractivity contribution in [2.24, 2.45) is 5.73 Å². The van der Waals surface area contributed by atoms with E-state index in [4.69, 9.17) is 10.8 Å². The van der Waals surface area contributed by atoms with Crippen LogP contribution in [0.3, 0.4) is 0 Å². The van der Waals surface area contributed by atoms with E-state index in [1.807, 2.05) is 13.8 Å². The van der Waals surface area contributed by atoms with Gasteiger partial charge in [0.2, 0.25) is 5.01 Å². The molecule has 0 aliphatic rings. The number of nitrogens with zero attached hydrogens (tertiary/aromatic N) is 2. The lowest BCUT2D eigenvalue weighted by Crippen LogP contribution is -2.27. The monoisotopic (exact) mass is 258 g/mol. The number of nitrogens with two attached hydrogens (primary N) is 1. The topological polar surface area (TPSA) is 101 Å². The highest BCUT2D eigenvalue weighted by Crippen LogP contribution is 2.28. The Bertz CT molecular complexity index is 378. The number of aliphatic hydroxyl groups excluding tert-OH is 1. The van der Waals surface area contributed by atoms with Gasteiger partial charge >= 0.3 is 0 Å². The molecule has 17 heavy (non-hydrogen) atoms. The van der Waals surface area contributed by atoms with Gasteiger partial charge in [0.15, 0.2) is 0 Å². The van der Waals surface area contributed by atoms with Crippen LogP contribution in [-0.2, 0) is 5.41 Å². The predicted octanol–water partition coefficient (Wildman–Crippen LogP) is -0.113. The van der Waals surface area contributed by atoms with Crippen LogP contribution < -0.4 is 11.1 Å². The van der Waals surface area contributed by atoms with Crippen molar-refractivity contribution in [1.82, 2.24) is 15.5 Å². The lowest BCUT2D eigenvalue weighted by atomic mass is 9.90. The number of amides is 1. The van der Waals surface area contributed by atoms with Gasteiger partial charge in [-0.05, 0) is 13.0 Å². The maximum Gasteiger partial charge on any atom is 0.279 e. The van der Waals surface area contributed by atoms with Crippen LogP contribution in [-0.4, -0.2) is 40.9 Å². The van der Waals surface area contributed by atoms with Crippen LogP contribution in [0.1, 0.15) is 35.1 Å². The first-order valence-corrected chi connectivity index (χ1v) is 6.24. The van der Waals surface area contributed by atoms with Gasteiger partial charge in [-0.25, -0.2) is 0 Å². The molecular formula is C10H18N4O2S. The van der Waals surface area contributed by atoms with Crippen LogP contribution >= 0.6 is 11.3 Å². The van der Waals surface area contributed by atoms with Crippen molar-refractivity contribution in [3.63, 3.8) is 0 Å². The van der Waals surface area contributed by atoms with E-state index in [1.54, 1.807) is 0 Å². The molecule has 0 atom stereocenters. The average molecular weight is 258 g/mol. The van der Waals surface area contributed by atoms with Gasteiger partial charge in [-0.2, -0.15) is 0 Å². The molecule has 0 saturated carbocycles. The zero-order valence-corrected chi connectivity index (χ0v) is 10.9. The highest BCUT2D eigenvalue weighted by atomic mass is 32.1. The smallest absolute Gasteiger partial charge is 0.279 e. The van der Waals surface area contributed by atoms with E-state index in [1.165, 1.54) is 11.3 Å². The second-order valence-corrected chi connectivity index (χ2v) is 5.36. The number of carbonyl (C=O) groups is 1. The summed E-state index contributed by atoms with van der Waals surface area (Å²) < 4.78 is 0. The van der Waals surface area contributed by atoms with Crippen LogP contribution in [0.15, 0.2) is 0 Å². The molecule has 0 bridgehead atoms. The maximum absolute atomic E-state index is 10.9. The van der Waals surface area contributed by atoms with Gasteiger partial charge in [-0.15, -0.1) is 10.2 Å². The highest BCUT2D eigenvalue weighted by molar-refractivity contribution is 7.13. The molecule has 0 spiro atoms. The van der Waals surface area contributed by atoms with Crippen molar-refractivity contribution in [3.8, 4) is 0 Å². The quantitative estimate of drug-likeness (QED) is 0.592. The van der Waals surface area contributed by atoms with Gasteiger partial charge in [0.1, 0.15) is 5.01 Å². The maximum atomic E-state index is 10.9. The van der Waals surface area contributed by atoms with E-state index in [0.29, 0.717) is 6.54 Å². The minimum Gasteiger partial charge on any atom is -0.395 e. The molecule has 1 heterocycles. The van der Waals surface area contributed by atoms with Gasteiger partial charge in [0.05, 0.1) is 6.61 Å². The summed E-state index contributed by atoms with van der Waals surface area (Å²) in [7, 11) is 0. The zero-order chi connectivity index (χ0) is 12.9. The number of aliphatic hydroxyl groups is 1. The molecule has 1 aromatic rings. The number of hydrogen-bond acceptors (Lipinski definition) is 6. The van der Waals surface area contributed by atoms with Crippen molar-refractivity contribution in [2.75, 3.05) is 19.7 Å². The number of rotatable bonds is 7. The third-order valence-electron chi connectivity index (χ3n) is 2.43. The van der Waals surface area contributed by atoms with Crippen molar-refractivity contribution >= 4 is 17.2 Å². The summed E-state index contributed by atoms with van der Waals surface area (Å²) in [5.41, 5.74) is 4.98. The molecule has 0 aromatic carbocycles. The summed E-state index contributed by atoms with van der Waals surface area (Å²) in [6.45, 7) is 5.57. The lowest BCUT2D eigenvalue weighted by Gasteiger charge is -2.21. The molecule has 6 nitrogen and oxygen atoms in total. The summed E-state index contributed by atoms with van der Waals surface area (Å²) in [6, 6.07) is 0. The molecule has 0 fully saturated rings. The fraction of sp³-hybridized carbons (Fsp3) is 0.700. The van der Waals surface area contributed by atoms with Crippen molar-refractivity contribution in [3.05, 3.63) is 10.0 Å². The normalized spacial score (nSPS) is 11.7. The standard InChI is InChI=1S/C10H18N4O2S/c1-10(2,3-4-12-5-6-15)9-14-13-8(17-9)7(11)16/h12,15H,3-6H2,1-2H3,(H2,11,16). The Morgan fingerprint density at radius 2 is 2.18 bits per heavy atom. The molecule has 4 N–H and O–H groups in total. The number of aromatic nitrogens is 2. The Morgan fingerprint density at radius 1 is 1.47 bits per heavy atom. The Kier molecular flexibility index (Phi) is 4.98. The molecule has 1 amide bonds. The largest absolute Gasteiger partial charge is 0.395 e. The van der Waals surface area contributed by atoms with Gasteiger partial charge in [0.25, 0.3) is 5.91 Å². The van der Waals surface area contributed by atoms with Gasteiger partial charge < -0.3 is 16.2 Å². The van der Waals surface area contributed by atoms with Gasteiger partial charge in [-0.1, -0.05) is 25.2 Å². The summed E-state index contributed by atoms with van der Waals surface area (Å²) in [5, 5.41) is 20.6. The fourth-order valence-electron chi connectivity index (χ4n) is 1.31. The van der Waals surface area contributed by atoms with Crippen molar-refractivity contribution in [1.29, 1.82) is 0 Å². The van der Waals surface area contributed by atoms with E-state index in [-0.39, 0.29) is 17.0 Å². The summed E-state index contributed by atoms with van der Waals surface area (Å²) in [6.07, 6.45) is 0.848. The van der Waals surface area contributed by atoms with E-state index in [0.717, 1.165) is 18.0 Å². The predicted molar refractivity (Wildman–Crippen MR) is 66.0 cm³/mol. The Labute approximate surface area is 104 Å². The Balaban J connectivity index is 2.58. The number of primary amides is 1. The summed E-state index contributed by atoms with van der Waals surface area (Å²) in [4.78, 5) is 10.9. The van der Waals surface area contributed by atoms with Gasteiger partial charge in [-0.3, -0.25) is 4.79 Å². The summed E-state index contributed by atoms with van der Waals surface area (Å²) >= 11 is 1.24. The van der Waals surface area contributed by atoms with E-state index < -0.39 is 5.91 Å². The lowest BCUT2D eigenvalue weighted by molar-refractivity contribution is 0.0999. The third-order valence-corrected chi connectivity index (χ3v) is 3.73. The molecule has 0 saturated heterocycles. The highest BCUT2D eigenvalue weighted by Gasteiger charge is 2.25. The van der Waals surface area contributed by atoms with Crippen LogP contribution in [0.4, 0.5) is 0 Å². The first-order chi connectivity index (χ1) is 7.97. The van der Waals surface area contributed by atoms with Crippen molar-refractivity contribution in [2.45, 2.75) is 25.7 Å². The minimum absolute atomic E-state index is 0.130. The van der Waals surface area contributed by atoms with Crippen LogP contribution in [0, 0.1) is 0 Å². The molecule has 7 heteroatoms.